The molecule has 0 bridgehead atoms. The predicted octanol–water partition coefficient (Wildman–Crippen LogP) is 1.10. The van der Waals surface area contributed by atoms with E-state index in [1.807, 2.05) is 13.8 Å². The molecule has 2 rings (SSSR count). The highest BCUT2D eigenvalue weighted by Crippen LogP contribution is 2.28. The van der Waals surface area contributed by atoms with Gasteiger partial charge in [0.1, 0.15) is 0 Å². The molecule has 0 unspecified atom stereocenters. The van der Waals surface area contributed by atoms with Crippen molar-refractivity contribution < 1.29 is 8.42 Å². The molecular formula is C10H17N5O2S2. The number of nitrogen functional groups attached to an aromatic ring is 1. The number of nitrogens with zero attached hydrogens (tertiary/aromatic N) is 3. The molecular weight excluding hydrogens is 286 g/mol. The average Bonchev–Trinajstić information content (AvgIpc) is 2.86. The molecule has 0 atom stereocenters. The Bertz CT molecular complexity index is 673. The lowest BCUT2D eigenvalue weighted by Gasteiger charge is -2.24. The third kappa shape index (κ3) is 2.22. The van der Waals surface area contributed by atoms with Crippen molar-refractivity contribution in [3.8, 4) is 0 Å². The first-order chi connectivity index (χ1) is 8.93. The first-order valence-electron chi connectivity index (χ1n) is 5.87. The van der Waals surface area contributed by atoms with E-state index in [0.29, 0.717) is 11.5 Å². The third-order valence-corrected chi connectivity index (χ3v) is 5.73. The van der Waals surface area contributed by atoms with Crippen LogP contribution in [-0.2, 0) is 10.0 Å². The Hall–Kier alpha value is -1.16. The predicted molar refractivity (Wildman–Crippen MR) is 75.6 cm³/mol. The molecule has 0 aliphatic rings. The maximum absolute atomic E-state index is 12.7. The number of sulfonamides is 1. The Balaban J connectivity index is 2.68. The standard InChI is InChI=1S/C10H17N5O2S2/c1-4-15(7(2)3)19(16,17)9-8(13-11)12-10-14(9)5-6-18-10/h5-7,13H,4,11H2,1-3H3. The molecule has 3 N–H and O–H groups in total. The summed E-state index contributed by atoms with van der Waals surface area (Å²) >= 11 is 1.35. The maximum Gasteiger partial charge on any atom is 0.263 e. The molecule has 2 aromatic rings. The molecule has 106 valence electrons. The van der Waals surface area contributed by atoms with Gasteiger partial charge in [-0.3, -0.25) is 4.40 Å². The van der Waals surface area contributed by atoms with Crippen LogP contribution in [0.15, 0.2) is 16.6 Å². The van der Waals surface area contributed by atoms with Crippen LogP contribution in [0.25, 0.3) is 4.96 Å². The van der Waals surface area contributed by atoms with Crippen LogP contribution in [0.2, 0.25) is 0 Å². The fourth-order valence-corrected chi connectivity index (χ4v) is 4.66. The molecule has 19 heavy (non-hydrogen) atoms. The number of anilines is 1. The molecule has 2 heterocycles. The van der Waals surface area contributed by atoms with Gasteiger partial charge in [-0.1, -0.05) is 6.92 Å². The third-order valence-electron chi connectivity index (χ3n) is 2.80. The van der Waals surface area contributed by atoms with E-state index >= 15 is 0 Å². The first-order valence-corrected chi connectivity index (χ1v) is 8.19. The van der Waals surface area contributed by atoms with Crippen molar-refractivity contribution in [2.45, 2.75) is 31.8 Å². The van der Waals surface area contributed by atoms with Crippen LogP contribution in [0, 0.1) is 0 Å². The summed E-state index contributed by atoms with van der Waals surface area (Å²) in [6.45, 7) is 5.87. The Morgan fingerprint density at radius 1 is 1.58 bits per heavy atom. The number of thiazole rings is 1. The molecule has 0 saturated carbocycles. The van der Waals surface area contributed by atoms with Crippen LogP contribution in [-0.4, -0.2) is 34.7 Å². The maximum atomic E-state index is 12.7. The second-order valence-electron chi connectivity index (χ2n) is 4.27. The van der Waals surface area contributed by atoms with Crippen molar-refractivity contribution in [2.24, 2.45) is 5.84 Å². The van der Waals surface area contributed by atoms with Gasteiger partial charge in [-0.25, -0.2) is 14.3 Å². The number of nitrogens with two attached hydrogens (primary N) is 1. The van der Waals surface area contributed by atoms with Crippen LogP contribution in [0.4, 0.5) is 5.82 Å². The SMILES string of the molecule is CCN(C(C)C)S(=O)(=O)c1c(NN)nc2sccn12. The van der Waals surface area contributed by atoms with Gasteiger partial charge < -0.3 is 5.43 Å². The molecule has 0 amide bonds. The number of imidazole rings is 1. The monoisotopic (exact) mass is 303 g/mol. The largest absolute Gasteiger partial charge is 0.306 e. The van der Waals surface area contributed by atoms with E-state index in [4.69, 9.17) is 5.84 Å². The minimum absolute atomic E-state index is 0.0850. The Labute approximate surface area is 116 Å². The zero-order valence-electron chi connectivity index (χ0n) is 11.0. The average molecular weight is 303 g/mol. The number of hydrogen-bond acceptors (Lipinski definition) is 6. The summed E-state index contributed by atoms with van der Waals surface area (Å²) in [5.41, 5.74) is 2.36. The zero-order chi connectivity index (χ0) is 14.2. The summed E-state index contributed by atoms with van der Waals surface area (Å²) in [6, 6.07) is -0.134. The molecule has 0 aliphatic carbocycles. The summed E-state index contributed by atoms with van der Waals surface area (Å²) in [5.74, 6) is 5.56. The smallest absolute Gasteiger partial charge is 0.263 e. The van der Waals surface area contributed by atoms with Gasteiger partial charge >= 0.3 is 0 Å². The number of hydrogen-bond donors (Lipinski definition) is 2. The van der Waals surface area contributed by atoms with E-state index < -0.39 is 10.0 Å². The van der Waals surface area contributed by atoms with E-state index in [2.05, 4.69) is 10.4 Å². The quantitative estimate of drug-likeness (QED) is 0.637. The van der Waals surface area contributed by atoms with Crippen molar-refractivity contribution in [1.29, 1.82) is 0 Å². The lowest BCUT2D eigenvalue weighted by molar-refractivity contribution is 0.367. The van der Waals surface area contributed by atoms with E-state index in [-0.39, 0.29) is 16.9 Å². The zero-order valence-corrected chi connectivity index (χ0v) is 12.6. The van der Waals surface area contributed by atoms with Gasteiger partial charge in [-0.15, -0.1) is 11.3 Å². The Kier molecular flexibility index (Phi) is 3.81. The topological polar surface area (TPSA) is 92.7 Å². The summed E-state index contributed by atoms with van der Waals surface area (Å²) in [4.78, 5) is 4.76. The molecule has 7 nitrogen and oxygen atoms in total. The number of aromatic nitrogens is 2. The van der Waals surface area contributed by atoms with Crippen molar-refractivity contribution in [3.05, 3.63) is 11.6 Å². The highest BCUT2D eigenvalue weighted by atomic mass is 32.2. The highest BCUT2D eigenvalue weighted by Gasteiger charge is 2.32. The number of fused-ring (bicyclic) bond motifs is 1. The fourth-order valence-electron chi connectivity index (χ4n) is 2.03. The Morgan fingerprint density at radius 3 is 2.79 bits per heavy atom. The first kappa shape index (κ1) is 14.3. The molecule has 0 aromatic carbocycles. The van der Waals surface area contributed by atoms with Crippen LogP contribution >= 0.6 is 11.3 Å². The van der Waals surface area contributed by atoms with Gasteiger partial charge in [0.25, 0.3) is 10.0 Å². The van der Waals surface area contributed by atoms with Gasteiger partial charge in [0.15, 0.2) is 10.8 Å². The molecule has 9 heteroatoms. The Morgan fingerprint density at radius 2 is 2.26 bits per heavy atom. The summed E-state index contributed by atoms with van der Waals surface area (Å²) in [5, 5.41) is 1.87. The highest BCUT2D eigenvalue weighted by molar-refractivity contribution is 7.89. The van der Waals surface area contributed by atoms with Crippen molar-refractivity contribution in [3.63, 3.8) is 0 Å². The number of hydrazine groups is 1. The molecule has 0 aliphatic heterocycles. The van der Waals surface area contributed by atoms with E-state index in [0.717, 1.165) is 0 Å². The summed E-state index contributed by atoms with van der Waals surface area (Å²) < 4.78 is 28.4. The van der Waals surface area contributed by atoms with Crippen LogP contribution < -0.4 is 11.3 Å². The van der Waals surface area contributed by atoms with Crippen molar-refractivity contribution in [1.82, 2.24) is 13.7 Å². The summed E-state index contributed by atoms with van der Waals surface area (Å²) in [6.07, 6.45) is 1.68. The molecule has 0 radical (unpaired) electrons. The molecule has 0 saturated heterocycles. The van der Waals surface area contributed by atoms with E-state index in [1.54, 1.807) is 22.9 Å². The van der Waals surface area contributed by atoms with Gasteiger partial charge in [0.05, 0.1) is 0 Å². The van der Waals surface area contributed by atoms with Gasteiger partial charge in [-0.05, 0) is 13.8 Å². The van der Waals surface area contributed by atoms with Crippen LogP contribution in [0.1, 0.15) is 20.8 Å². The fraction of sp³-hybridized carbons (Fsp3) is 0.500. The number of rotatable bonds is 5. The second-order valence-corrected chi connectivity index (χ2v) is 6.95. The molecule has 0 fully saturated rings. The van der Waals surface area contributed by atoms with Gasteiger partial charge in [0.2, 0.25) is 5.03 Å². The van der Waals surface area contributed by atoms with Crippen LogP contribution in [0.5, 0.6) is 0 Å². The molecule has 0 spiro atoms. The minimum atomic E-state index is -3.65. The minimum Gasteiger partial charge on any atom is -0.306 e. The van der Waals surface area contributed by atoms with Crippen LogP contribution in [0.3, 0.4) is 0 Å². The number of nitrogens with one attached hydrogen (secondary N) is 1. The van der Waals surface area contributed by atoms with E-state index in [1.165, 1.54) is 15.6 Å². The van der Waals surface area contributed by atoms with Crippen molar-refractivity contribution in [2.75, 3.05) is 12.0 Å². The lowest BCUT2D eigenvalue weighted by atomic mass is 10.4. The van der Waals surface area contributed by atoms with Gasteiger partial charge in [0, 0.05) is 24.2 Å². The van der Waals surface area contributed by atoms with Crippen molar-refractivity contribution >= 4 is 32.1 Å². The molecule has 2 aromatic heterocycles. The van der Waals surface area contributed by atoms with E-state index in [9.17, 15) is 8.42 Å². The second kappa shape index (κ2) is 5.08. The summed E-state index contributed by atoms with van der Waals surface area (Å²) in [7, 11) is -3.65. The van der Waals surface area contributed by atoms with Gasteiger partial charge in [-0.2, -0.15) is 9.29 Å². The lowest BCUT2D eigenvalue weighted by Crippen LogP contribution is -2.37. The normalized spacial score (nSPS) is 12.7.